The summed E-state index contributed by atoms with van der Waals surface area (Å²) < 4.78 is 13.5. The van der Waals surface area contributed by atoms with Crippen LogP contribution in [-0.4, -0.2) is 6.54 Å². The molecule has 0 aromatic heterocycles. The first-order chi connectivity index (χ1) is 6.68. The van der Waals surface area contributed by atoms with Crippen molar-refractivity contribution in [2.75, 3.05) is 6.54 Å². The Morgan fingerprint density at radius 2 is 2.29 bits per heavy atom. The van der Waals surface area contributed by atoms with Gasteiger partial charge in [0.25, 0.3) is 0 Å². The third-order valence-corrected chi connectivity index (χ3v) is 3.03. The fourth-order valence-electron chi connectivity index (χ4n) is 1.98. The van der Waals surface area contributed by atoms with Gasteiger partial charge < -0.3 is 5.32 Å². The lowest BCUT2D eigenvalue weighted by Gasteiger charge is -2.13. The summed E-state index contributed by atoms with van der Waals surface area (Å²) in [5.74, 6) is 0.389. The van der Waals surface area contributed by atoms with Crippen LogP contribution >= 0.6 is 11.6 Å². The van der Waals surface area contributed by atoms with Crippen LogP contribution in [0.3, 0.4) is 0 Å². The second-order valence-electron chi connectivity index (χ2n) is 3.94. The average Bonchev–Trinajstić information content (AvgIpc) is 2.51. The van der Waals surface area contributed by atoms with Crippen LogP contribution in [0.1, 0.15) is 24.9 Å². The minimum atomic E-state index is -0.205. The van der Waals surface area contributed by atoms with E-state index in [0.717, 1.165) is 13.0 Å². The lowest BCUT2D eigenvalue weighted by molar-refractivity contribution is 0.550. The predicted octanol–water partition coefficient (Wildman–Crippen LogP) is 3.15. The standard InChI is InChI=1S/C11H13ClFN/c1-7-5-10(14-6-7)11-8(12)3-2-4-9(11)13/h2-4,7,10,14H,5-6H2,1H3. The Balaban J connectivity index is 2.31. The molecule has 14 heavy (non-hydrogen) atoms. The summed E-state index contributed by atoms with van der Waals surface area (Å²) >= 11 is 5.98. The SMILES string of the molecule is CC1CNC(c2c(F)cccc2Cl)C1. The first-order valence-electron chi connectivity index (χ1n) is 4.85. The summed E-state index contributed by atoms with van der Waals surface area (Å²) in [5, 5.41) is 3.80. The molecule has 76 valence electrons. The van der Waals surface area contributed by atoms with E-state index in [9.17, 15) is 4.39 Å². The Bertz CT molecular complexity index is 320. The van der Waals surface area contributed by atoms with Crippen LogP contribution < -0.4 is 5.32 Å². The molecule has 1 saturated heterocycles. The van der Waals surface area contributed by atoms with E-state index in [2.05, 4.69) is 12.2 Å². The smallest absolute Gasteiger partial charge is 0.129 e. The van der Waals surface area contributed by atoms with Gasteiger partial charge in [-0.2, -0.15) is 0 Å². The van der Waals surface area contributed by atoms with Gasteiger partial charge in [0, 0.05) is 16.6 Å². The van der Waals surface area contributed by atoms with Crippen molar-refractivity contribution in [2.45, 2.75) is 19.4 Å². The Kier molecular flexibility index (Phi) is 2.75. The molecule has 1 aromatic carbocycles. The van der Waals surface area contributed by atoms with Crippen LogP contribution in [0.25, 0.3) is 0 Å². The molecular formula is C11H13ClFN. The minimum Gasteiger partial charge on any atom is -0.309 e. The molecule has 0 amide bonds. The Morgan fingerprint density at radius 1 is 1.50 bits per heavy atom. The lowest BCUT2D eigenvalue weighted by atomic mass is 10.0. The molecule has 0 saturated carbocycles. The molecular weight excluding hydrogens is 201 g/mol. The van der Waals surface area contributed by atoms with Gasteiger partial charge in [0.05, 0.1) is 0 Å². The maximum atomic E-state index is 13.5. The first kappa shape index (κ1) is 9.94. The van der Waals surface area contributed by atoms with Crippen LogP contribution in [0.15, 0.2) is 18.2 Å². The number of hydrogen-bond donors (Lipinski definition) is 1. The maximum Gasteiger partial charge on any atom is 0.129 e. The Hall–Kier alpha value is -0.600. The van der Waals surface area contributed by atoms with E-state index in [1.165, 1.54) is 6.07 Å². The van der Waals surface area contributed by atoms with Crippen molar-refractivity contribution >= 4 is 11.6 Å². The topological polar surface area (TPSA) is 12.0 Å². The molecule has 1 aliphatic rings. The van der Waals surface area contributed by atoms with Gasteiger partial charge in [0.15, 0.2) is 0 Å². The Labute approximate surface area is 88.3 Å². The largest absolute Gasteiger partial charge is 0.309 e. The van der Waals surface area contributed by atoms with Crippen molar-refractivity contribution < 1.29 is 4.39 Å². The zero-order valence-electron chi connectivity index (χ0n) is 8.06. The molecule has 3 heteroatoms. The summed E-state index contributed by atoms with van der Waals surface area (Å²) in [6.45, 7) is 3.09. The zero-order valence-corrected chi connectivity index (χ0v) is 8.81. The van der Waals surface area contributed by atoms with Gasteiger partial charge in [-0.25, -0.2) is 4.39 Å². The van der Waals surface area contributed by atoms with E-state index in [1.807, 2.05) is 0 Å². The monoisotopic (exact) mass is 213 g/mol. The van der Waals surface area contributed by atoms with Crippen LogP contribution in [0.4, 0.5) is 4.39 Å². The van der Waals surface area contributed by atoms with Gasteiger partial charge in [-0.05, 0) is 31.0 Å². The molecule has 1 N–H and O–H groups in total. The number of benzene rings is 1. The van der Waals surface area contributed by atoms with Crippen molar-refractivity contribution in [3.63, 3.8) is 0 Å². The fraction of sp³-hybridized carbons (Fsp3) is 0.455. The lowest BCUT2D eigenvalue weighted by Crippen LogP contribution is -2.15. The van der Waals surface area contributed by atoms with Gasteiger partial charge >= 0.3 is 0 Å². The molecule has 1 aromatic rings. The van der Waals surface area contributed by atoms with Gasteiger partial charge in [0.2, 0.25) is 0 Å². The molecule has 0 bridgehead atoms. The molecule has 1 aliphatic heterocycles. The van der Waals surface area contributed by atoms with Gasteiger partial charge in [-0.3, -0.25) is 0 Å². The van der Waals surface area contributed by atoms with Gasteiger partial charge in [-0.1, -0.05) is 24.6 Å². The molecule has 0 spiro atoms. The summed E-state index contributed by atoms with van der Waals surface area (Å²) in [6.07, 6.45) is 0.959. The number of nitrogens with one attached hydrogen (secondary N) is 1. The first-order valence-corrected chi connectivity index (χ1v) is 5.23. The second kappa shape index (κ2) is 3.87. The van der Waals surface area contributed by atoms with E-state index in [-0.39, 0.29) is 11.9 Å². The molecule has 2 rings (SSSR count). The maximum absolute atomic E-state index is 13.5. The van der Waals surface area contributed by atoms with E-state index < -0.39 is 0 Å². The third-order valence-electron chi connectivity index (χ3n) is 2.70. The molecule has 2 unspecified atom stereocenters. The van der Waals surface area contributed by atoms with Gasteiger partial charge in [-0.15, -0.1) is 0 Å². The van der Waals surface area contributed by atoms with Crippen molar-refractivity contribution in [3.05, 3.63) is 34.6 Å². The molecule has 2 atom stereocenters. The minimum absolute atomic E-state index is 0.0821. The highest BCUT2D eigenvalue weighted by Gasteiger charge is 2.25. The number of hydrogen-bond acceptors (Lipinski definition) is 1. The molecule has 1 nitrogen and oxygen atoms in total. The quantitative estimate of drug-likeness (QED) is 0.756. The van der Waals surface area contributed by atoms with Crippen molar-refractivity contribution in [3.8, 4) is 0 Å². The van der Waals surface area contributed by atoms with Crippen molar-refractivity contribution in [1.29, 1.82) is 0 Å². The van der Waals surface area contributed by atoms with Crippen LogP contribution in [0, 0.1) is 11.7 Å². The average molecular weight is 214 g/mol. The summed E-state index contributed by atoms with van der Waals surface area (Å²) in [5.41, 5.74) is 0.624. The zero-order chi connectivity index (χ0) is 10.1. The van der Waals surface area contributed by atoms with Gasteiger partial charge in [0.1, 0.15) is 5.82 Å². The highest BCUT2D eigenvalue weighted by atomic mass is 35.5. The second-order valence-corrected chi connectivity index (χ2v) is 4.34. The van der Waals surface area contributed by atoms with Crippen molar-refractivity contribution in [2.24, 2.45) is 5.92 Å². The summed E-state index contributed by atoms with van der Waals surface area (Å²) in [6, 6.07) is 4.93. The Morgan fingerprint density at radius 3 is 2.86 bits per heavy atom. The molecule has 0 radical (unpaired) electrons. The van der Waals surface area contributed by atoms with Crippen molar-refractivity contribution in [1.82, 2.24) is 5.32 Å². The van der Waals surface area contributed by atoms with E-state index in [1.54, 1.807) is 12.1 Å². The van der Waals surface area contributed by atoms with Crippen LogP contribution in [0.5, 0.6) is 0 Å². The fourth-order valence-corrected chi connectivity index (χ4v) is 2.27. The van der Waals surface area contributed by atoms with E-state index in [4.69, 9.17) is 11.6 Å². The summed E-state index contributed by atoms with van der Waals surface area (Å²) in [7, 11) is 0. The predicted molar refractivity (Wildman–Crippen MR) is 55.9 cm³/mol. The highest BCUT2D eigenvalue weighted by Crippen LogP contribution is 2.33. The van der Waals surface area contributed by atoms with Crippen LogP contribution in [0.2, 0.25) is 5.02 Å². The molecule has 1 fully saturated rings. The third kappa shape index (κ3) is 1.77. The van der Waals surface area contributed by atoms with Crippen LogP contribution in [-0.2, 0) is 0 Å². The number of halogens is 2. The highest BCUT2D eigenvalue weighted by molar-refractivity contribution is 6.31. The van der Waals surface area contributed by atoms with E-state index >= 15 is 0 Å². The summed E-state index contributed by atoms with van der Waals surface area (Å²) in [4.78, 5) is 0. The molecule has 1 heterocycles. The normalized spacial score (nSPS) is 26.8. The van der Waals surface area contributed by atoms with E-state index in [0.29, 0.717) is 16.5 Å². The molecule has 0 aliphatic carbocycles. The number of rotatable bonds is 1.